The summed E-state index contributed by atoms with van der Waals surface area (Å²) in [5.74, 6) is -0.778. The van der Waals surface area contributed by atoms with E-state index in [0.717, 1.165) is 6.42 Å². The first kappa shape index (κ1) is 13.2. The summed E-state index contributed by atoms with van der Waals surface area (Å²) >= 11 is 0. The fourth-order valence-corrected chi connectivity index (χ4v) is 3.36. The summed E-state index contributed by atoms with van der Waals surface area (Å²) in [6, 6.07) is 8.31. The minimum atomic E-state index is -0.770. The number of carboxylic acid groups (broad SMARTS) is 1. The molecule has 0 radical (unpaired) electrons. The summed E-state index contributed by atoms with van der Waals surface area (Å²) in [4.78, 5) is 23.0. The van der Waals surface area contributed by atoms with Gasteiger partial charge in [0.2, 0.25) is 5.91 Å². The van der Waals surface area contributed by atoms with Crippen molar-refractivity contribution in [3.63, 3.8) is 0 Å². The van der Waals surface area contributed by atoms with Crippen molar-refractivity contribution in [3.8, 4) is 0 Å². The van der Waals surface area contributed by atoms with E-state index in [-0.39, 0.29) is 17.7 Å². The van der Waals surface area contributed by atoms with Gasteiger partial charge in [0, 0.05) is 18.4 Å². The van der Waals surface area contributed by atoms with Crippen LogP contribution in [0.25, 0.3) is 0 Å². The van der Waals surface area contributed by atoms with Crippen LogP contribution in [0.1, 0.15) is 36.3 Å². The van der Waals surface area contributed by atoms with E-state index in [1.165, 1.54) is 11.1 Å². The van der Waals surface area contributed by atoms with Gasteiger partial charge in [0.1, 0.15) is 0 Å². The van der Waals surface area contributed by atoms with Crippen molar-refractivity contribution in [2.75, 3.05) is 6.54 Å². The minimum Gasteiger partial charge on any atom is -0.481 e. The molecule has 3 atom stereocenters. The number of fused-ring (bicyclic) bond motifs is 1. The van der Waals surface area contributed by atoms with Crippen LogP contribution in [0.3, 0.4) is 0 Å². The van der Waals surface area contributed by atoms with Gasteiger partial charge in [-0.2, -0.15) is 0 Å². The number of carbonyl (C=O) groups excluding carboxylic acids is 1. The zero-order valence-electron chi connectivity index (χ0n) is 11.3. The molecule has 3 unspecified atom stereocenters. The number of amides is 1. The Hall–Kier alpha value is -1.84. The second kappa shape index (κ2) is 5.27. The largest absolute Gasteiger partial charge is 0.481 e. The Morgan fingerprint density at radius 1 is 1.20 bits per heavy atom. The molecule has 1 fully saturated rings. The van der Waals surface area contributed by atoms with Crippen molar-refractivity contribution >= 4 is 11.9 Å². The highest BCUT2D eigenvalue weighted by molar-refractivity contribution is 5.81. The maximum Gasteiger partial charge on any atom is 0.306 e. The molecule has 2 N–H and O–H groups in total. The number of carboxylic acids is 1. The molecule has 1 aromatic carbocycles. The number of hydrogen-bond donors (Lipinski definition) is 2. The van der Waals surface area contributed by atoms with Crippen LogP contribution < -0.4 is 5.32 Å². The molecular weight excluding hydrogens is 254 g/mol. The van der Waals surface area contributed by atoms with E-state index in [0.29, 0.717) is 31.7 Å². The number of hydrogen-bond acceptors (Lipinski definition) is 2. The third kappa shape index (κ3) is 2.42. The lowest BCUT2D eigenvalue weighted by atomic mass is 9.77. The fraction of sp³-hybridized carbons (Fsp3) is 0.500. The highest BCUT2D eigenvalue weighted by Gasteiger charge is 2.34. The molecule has 0 spiro atoms. The first-order chi connectivity index (χ1) is 9.65. The van der Waals surface area contributed by atoms with Crippen molar-refractivity contribution < 1.29 is 14.7 Å². The van der Waals surface area contributed by atoms with E-state index in [1.807, 2.05) is 12.1 Å². The van der Waals surface area contributed by atoms with Crippen LogP contribution in [0, 0.1) is 11.8 Å². The maximum atomic E-state index is 12.1. The number of aliphatic carboxylic acids is 1. The van der Waals surface area contributed by atoms with Crippen LogP contribution in [0.15, 0.2) is 24.3 Å². The Balaban J connectivity index is 1.48. The van der Waals surface area contributed by atoms with E-state index in [1.54, 1.807) is 0 Å². The number of benzene rings is 1. The fourth-order valence-electron chi connectivity index (χ4n) is 3.36. The Bertz CT molecular complexity index is 540. The second-order valence-electron chi connectivity index (χ2n) is 5.89. The van der Waals surface area contributed by atoms with Crippen LogP contribution in [0.2, 0.25) is 0 Å². The predicted octanol–water partition coefficient (Wildman–Crippen LogP) is 1.94. The minimum absolute atomic E-state index is 0.0260. The predicted molar refractivity (Wildman–Crippen MR) is 74.4 cm³/mol. The molecule has 3 rings (SSSR count). The van der Waals surface area contributed by atoms with Crippen LogP contribution in [0.5, 0.6) is 0 Å². The van der Waals surface area contributed by atoms with Gasteiger partial charge in [-0.05, 0) is 36.8 Å². The molecule has 1 saturated carbocycles. The molecule has 2 aliphatic rings. The molecule has 2 aliphatic carbocycles. The van der Waals surface area contributed by atoms with Gasteiger partial charge in [-0.15, -0.1) is 0 Å². The summed E-state index contributed by atoms with van der Waals surface area (Å²) in [5, 5.41) is 12.0. The molecule has 0 bridgehead atoms. The topological polar surface area (TPSA) is 66.4 Å². The molecule has 106 valence electrons. The quantitative estimate of drug-likeness (QED) is 0.881. The van der Waals surface area contributed by atoms with Crippen molar-refractivity contribution in [1.29, 1.82) is 0 Å². The molecule has 0 heterocycles. The Labute approximate surface area is 118 Å². The van der Waals surface area contributed by atoms with Gasteiger partial charge < -0.3 is 10.4 Å². The third-order valence-corrected chi connectivity index (χ3v) is 4.64. The van der Waals surface area contributed by atoms with Crippen LogP contribution in [-0.4, -0.2) is 23.5 Å². The monoisotopic (exact) mass is 273 g/mol. The summed E-state index contributed by atoms with van der Waals surface area (Å²) in [7, 11) is 0. The highest BCUT2D eigenvalue weighted by atomic mass is 16.4. The Morgan fingerprint density at radius 3 is 2.65 bits per heavy atom. The van der Waals surface area contributed by atoms with Gasteiger partial charge in [-0.25, -0.2) is 0 Å². The van der Waals surface area contributed by atoms with E-state index in [9.17, 15) is 9.59 Å². The van der Waals surface area contributed by atoms with Crippen molar-refractivity contribution in [1.82, 2.24) is 5.32 Å². The number of rotatable bonds is 4. The van der Waals surface area contributed by atoms with Gasteiger partial charge in [0.15, 0.2) is 0 Å². The van der Waals surface area contributed by atoms with Gasteiger partial charge in [-0.1, -0.05) is 24.3 Å². The SMILES string of the molecule is O=C(O)C1CCC(C(=O)NCC2Cc3ccccc32)C1. The Kier molecular flexibility index (Phi) is 3.47. The molecular formula is C16H19NO3. The molecule has 0 aliphatic heterocycles. The van der Waals surface area contributed by atoms with Gasteiger partial charge in [-0.3, -0.25) is 9.59 Å². The van der Waals surface area contributed by atoms with E-state index in [2.05, 4.69) is 17.4 Å². The lowest BCUT2D eigenvalue weighted by Gasteiger charge is -2.30. The summed E-state index contributed by atoms with van der Waals surface area (Å²) < 4.78 is 0. The zero-order valence-corrected chi connectivity index (χ0v) is 11.3. The smallest absolute Gasteiger partial charge is 0.306 e. The maximum absolute atomic E-state index is 12.1. The van der Waals surface area contributed by atoms with Gasteiger partial charge in [0.25, 0.3) is 0 Å². The number of nitrogens with one attached hydrogen (secondary N) is 1. The number of carbonyl (C=O) groups is 2. The summed E-state index contributed by atoms with van der Waals surface area (Å²) in [6.07, 6.45) is 2.84. The Morgan fingerprint density at radius 2 is 1.95 bits per heavy atom. The molecule has 4 nitrogen and oxygen atoms in total. The van der Waals surface area contributed by atoms with Crippen LogP contribution in [0.4, 0.5) is 0 Å². The first-order valence-corrected chi connectivity index (χ1v) is 7.23. The first-order valence-electron chi connectivity index (χ1n) is 7.23. The van der Waals surface area contributed by atoms with E-state index >= 15 is 0 Å². The molecule has 1 aromatic rings. The summed E-state index contributed by atoms with van der Waals surface area (Å²) in [6.45, 7) is 0.671. The van der Waals surface area contributed by atoms with Gasteiger partial charge in [0.05, 0.1) is 5.92 Å². The van der Waals surface area contributed by atoms with Gasteiger partial charge >= 0.3 is 5.97 Å². The van der Waals surface area contributed by atoms with Crippen molar-refractivity contribution in [3.05, 3.63) is 35.4 Å². The average Bonchev–Trinajstić information content (AvgIpc) is 2.89. The molecule has 4 heteroatoms. The zero-order chi connectivity index (χ0) is 14.1. The third-order valence-electron chi connectivity index (χ3n) is 4.64. The lowest BCUT2D eigenvalue weighted by Crippen LogP contribution is -2.36. The molecule has 0 saturated heterocycles. The molecule has 1 amide bonds. The van der Waals surface area contributed by atoms with Crippen LogP contribution >= 0.6 is 0 Å². The van der Waals surface area contributed by atoms with E-state index in [4.69, 9.17) is 5.11 Å². The normalized spacial score (nSPS) is 27.5. The molecule has 0 aromatic heterocycles. The van der Waals surface area contributed by atoms with Crippen molar-refractivity contribution in [2.45, 2.75) is 31.6 Å². The molecule has 20 heavy (non-hydrogen) atoms. The lowest BCUT2D eigenvalue weighted by molar-refractivity contribution is -0.141. The summed E-state index contributed by atoms with van der Waals surface area (Å²) in [5.41, 5.74) is 2.71. The standard InChI is InChI=1S/C16H19NO3/c18-15(11-5-6-12(8-11)16(19)20)17-9-13-7-10-3-1-2-4-14(10)13/h1-4,11-13H,5-9H2,(H,17,18)(H,19,20). The van der Waals surface area contributed by atoms with E-state index < -0.39 is 5.97 Å². The second-order valence-corrected chi connectivity index (χ2v) is 5.89. The van der Waals surface area contributed by atoms with Crippen LogP contribution in [-0.2, 0) is 16.0 Å². The average molecular weight is 273 g/mol. The highest BCUT2D eigenvalue weighted by Crippen LogP contribution is 2.35. The van der Waals surface area contributed by atoms with Crippen molar-refractivity contribution in [2.24, 2.45) is 11.8 Å².